The van der Waals surface area contributed by atoms with Gasteiger partial charge < -0.3 is 14.5 Å². The van der Waals surface area contributed by atoms with Crippen LogP contribution in [0.1, 0.15) is 18.7 Å². The zero-order chi connectivity index (χ0) is 20.5. The largest absolute Gasteiger partial charge is 0.491 e. The number of aromatic nitrogens is 3. The number of rotatable bonds is 7. The number of methoxy groups -OCH3 is 1. The number of nitrogens with one attached hydrogen (secondary N) is 1. The Kier molecular flexibility index (Phi) is 5.80. The molecule has 1 atom stereocenters. The summed E-state index contributed by atoms with van der Waals surface area (Å²) in [6, 6.07) is 7.76. The molecule has 0 aliphatic rings. The van der Waals surface area contributed by atoms with Gasteiger partial charge in [0, 0.05) is 10.7 Å². The summed E-state index contributed by atoms with van der Waals surface area (Å²) in [4.78, 5) is 19.9. The number of imidazole rings is 1. The van der Waals surface area contributed by atoms with Gasteiger partial charge in [0.05, 0.1) is 42.2 Å². The maximum absolute atomic E-state index is 12.7. The molecule has 3 aromatic rings. The molecule has 28 heavy (non-hydrogen) atoms. The van der Waals surface area contributed by atoms with E-state index in [1.807, 2.05) is 6.92 Å². The number of hydrogen-bond acceptors (Lipinski definition) is 6. The van der Waals surface area contributed by atoms with Crippen molar-refractivity contribution in [2.45, 2.75) is 13.0 Å². The second kappa shape index (κ2) is 7.96. The van der Waals surface area contributed by atoms with Crippen molar-refractivity contribution in [2.75, 3.05) is 25.7 Å². The molecule has 0 amide bonds. The first kappa shape index (κ1) is 20.4. The van der Waals surface area contributed by atoms with Crippen LogP contribution < -0.4 is 15.2 Å². The normalized spacial score (nSPS) is 12.9. The van der Waals surface area contributed by atoms with Gasteiger partial charge in [0.15, 0.2) is 5.75 Å². The van der Waals surface area contributed by atoms with E-state index in [1.54, 1.807) is 30.3 Å². The Morgan fingerprint density at radius 1 is 1.29 bits per heavy atom. The van der Waals surface area contributed by atoms with Gasteiger partial charge in [-0.1, -0.05) is 15.9 Å². The standard InChI is InChI=1S/C18H20BrN3O5S/c1-4-27-17-16(26-2)8-6-12(20-17)15(10-28(3,24)25)22-14-7-5-11(19)9-13(14)21-18(22)23/h5-9,15H,4,10H2,1-3H3,(H,21,23). The third-order valence-corrected chi connectivity index (χ3v) is 5.55. The van der Waals surface area contributed by atoms with Crippen LogP contribution in [0.15, 0.2) is 39.6 Å². The number of H-pyrrole nitrogens is 1. The number of benzene rings is 1. The molecular formula is C18H20BrN3O5S. The predicted molar refractivity (Wildman–Crippen MR) is 110 cm³/mol. The molecule has 0 saturated carbocycles. The van der Waals surface area contributed by atoms with E-state index in [-0.39, 0.29) is 11.6 Å². The summed E-state index contributed by atoms with van der Waals surface area (Å²) in [5, 5.41) is 0. The molecular weight excluding hydrogens is 450 g/mol. The Labute approximate surface area is 170 Å². The van der Waals surface area contributed by atoms with E-state index in [2.05, 4.69) is 25.9 Å². The molecule has 0 fully saturated rings. The fraction of sp³-hybridized carbons (Fsp3) is 0.333. The van der Waals surface area contributed by atoms with Gasteiger partial charge in [-0.15, -0.1) is 0 Å². The Morgan fingerprint density at radius 2 is 2.04 bits per heavy atom. The summed E-state index contributed by atoms with van der Waals surface area (Å²) in [5.41, 5.74) is 1.15. The zero-order valence-electron chi connectivity index (χ0n) is 15.6. The van der Waals surface area contributed by atoms with Gasteiger partial charge in [-0.2, -0.15) is 0 Å². The monoisotopic (exact) mass is 469 g/mol. The fourth-order valence-corrected chi connectivity index (χ4v) is 4.27. The third kappa shape index (κ3) is 4.22. The summed E-state index contributed by atoms with van der Waals surface area (Å²) >= 11 is 3.37. The van der Waals surface area contributed by atoms with Gasteiger partial charge in [-0.3, -0.25) is 4.57 Å². The molecule has 1 N–H and O–H groups in total. The van der Waals surface area contributed by atoms with E-state index >= 15 is 0 Å². The molecule has 10 heteroatoms. The maximum atomic E-state index is 12.7. The molecule has 0 radical (unpaired) electrons. The van der Waals surface area contributed by atoms with Crippen LogP contribution in [-0.4, -0.2) is 48.7 Å². The maximum Gasteiger partial charge on any atom is 0.327 e. The highest BCUT2D eigenvalue weighted by Crippen LogP contribution is 2.30. The molecule has 3 rings (SSSR count). The average Bonchev–Trinajstić information content (AvgIpc) is 2.94. The minimum atomic E-state index is -3.43. The van der Waals surface area contributed by atoms with Crippen LogP contribution >= 0.6 is 15.9 Å². The second-order valence-corrected chi connectivity index (χ2v) is 9.35. The summed E-state index contributed by atoms with van der Waals surface area (Å²) in [7, 11) is -1.93. The Morgan fingerprint density at radius 3 is 2.68 bits per heavy atom. The van der Waals surface area contributed by atoms with E-state index in [0.717, 1.165) is 10.7 Å². The van der Waals surface area contributed by atoms with Crippen molar-refractivity contribution < 1.29 is 17.9 Å². The molecule has 1 unspecified atom stereocenters. The molecule has 8 nitrogen and oxygen atoms in total. The second-order valence-electron chi connectivity index (χ2n) is 6.25. The molecule has 2 heterocycles. The lowest BCUT2D eigenvalue weighted by Gasteiger charge is -2.19. The van der Waals surface area contributed by atoms with E-state index in [9.17, 15) is 13.2 Å². The van der Waals surface area contributed by atoms with Crippen molar-refractivity contribution in [3.05, 3.63) is 51.0 Å². The minimum absolute atomic E-state index is 0.247. The third-order valence-electron chi connectivity index (χ3n) is 4.14. The lowest BCUT2D eigenvalue weighted by atomic mass is 10.2. The SMILES string of the molecule is CCOc1nc(C(CS(C)(=O)=O)n2c(=O)[nH]c3cc(Br)ccc32)ccc1OC. The van der Waals surface area contributed by atoms with Gasteiger partial charge in [0.2, 0.25) is 0 Å². The minimum Gasteiger partial charge on any atom is -0.491 e. The summed E-state index contributed by atoms with van der Waals surface area (Å²) < 4.78 is 37.2. The van der Waals surface area contributed by atoms with E-state index in [4.69, 9.17) is 9.47 Å². The first-order valence-corrected chi connectivity index (χ1v) is 11.3. The fourth-order valence-electron chi connectivity index (χ4n) is 3.01. The molecule has 1 aromatic carbocycles. The van der Waals surface area contributed by atoms with Crippen LogP contribution in [0.25, 0.3) is 11.0 Å². The lowest BCUT2D eigenvalue weighted by Crippen LogP contribution is -2.29. The topological polar surface area (TPSA) is 103 Å². The van der Waals surface area contributed by atoms with E-state index in [1.165, 1.54) is 11.7 Å². The van der Waals surface area contributed by atoms with Crippen molar-refractivity contribution in [1.82, 2.24) is 14.5 Å². The molecule has 0 aliphatic carbocycles. The smallest absolute Gasteiger partial charge is 0.327 e. The zero-order valence-corrected chi connectivity index (χ0v) is 18.0. The number of nitrogens with zero attached hydrogens (tertiary/aromatic N) is 2. The number of sulfone groups is 1. The average molecular weight is 470 g/mol. The highest BCUT2D eigenvalue weighted by atomic mass is 79.9. The van der Waals surface area contributed by atoms with Gasteiger partial charge in [-0.25, -0.2) is 18.2 Å². The van der Waals surface area contributed by atoms with Crippen LogP contribution in [0.5, 0.6) is 11.6 Å². The first-order valence-electron chi connectivity index (χ1n) is 8.48. The van der Waals surface area contributed by atoms with Crippen LogP contribution in [-0.2, 0) is 9.84 Å². The Hall–Kier alpha value is -2.33. The highest BCUT2D eigenvalue weighted by molar-refractivity contribution is 9.10. The first-order chi connectivity index (χ1) is 13.2. The van der Waals surface area contributed by atoms with Crippen LogP contribution in [0.4, 0.5) is 0 Å². The predicted octanol–water partition coefficient (Wildman–Crippen LogP) is 2.53. The number of aromatic amines is 1. The number of fused-ring (bicyclic) bond motifs is 1. The summed E-state index contributed by atoms with van der Waals surface area (Å²) in [6.07, 6.45) is 1.13. The molecule has 150 valence electrons. The van der Waals surface area contributed by atoms with Crippen molar-refractivity contribution in [3.8, 4) is 11.6 Å². The summed E-state index contributed by atoms with van der Waals surface area (Å²) in [5.74, 6) is 0.386. The number of hydrogen-bond donors (Lipinski definition) is 1. The molecule has 0 spiro atoms. The Bertz CT molecular complexity index is 1170. The summed E-state index contributed by atoms with van der Waals surface area (Å²) in [6.45, 7) is 2.18. The van der Waals surface area contributed by atoms with Crippen molar-refractivity contribution in [3.63, 3.8) is 0 Å². The van der Waals surface area contributed by atoms with Gasteiger partial charge >= 0.3 is 5.69 Å². The van der Waals surface area contributed by atoms with Crippen LogP contribution in [0, 0.1) is 0 Å². The van der Waals surface area contributed by atoms with E-state index < -0.39 is 21.6 Å². The Balaban J connectivity index is 2.23. The lowest BCUT2D eigenvalue weighted by molar-refractivity contribution is 0.296. The molecule has 0 aliphatic heterocycles. The highest BCUT2D eigenvalue weighted by Gasteiger charge is 2.26. The molecule has 0 bridgehead atoms. The molecule has 2 aromatic heterocycles. The number of halogens is 1. The molecule has 0 saturated heterocycles. The quantitative estimate of drug-likeness (QED) is 0.570. The van der Waals surface area contributed by atoms with Gasteiger partial charge in [0.1, 0.15) is 9.84 Å². The number of pyridine rings is 1. The van der Waals surface area contributed by atoms with Crippen molar-refractivity contribution >= 4 is 36.8 Å². The van der Waals surface area contributed by atoms with Crippen LogP contribution in [0.2, 0.25) is 0 Å². The number of ether oxygens (including phenoxy) is 2. The van der Waals surface area contributed by atoms with E-state index in [0.29, 0.717) is 29.1 Å². The van der Waals surface area contributed by atoms with Crippen LogP contribution in [0.3, 0.4) is 0 Å². The van der Waals surface area contributed by atoms with Gasteiger partial charge in [-0.05, 0) is 37.3 Å². The van der Waals surface area contributed by atoms with Crippen molar-refractivity contribution in [2.24, 2.45) is 0 Å². The van der Waals surface area contributed by atoms with Gasteiger partial charge in [0.25, 0.3) is 5.88 Å². The van der Waals surface area contributed by atoms with Crippen molar-refractivity contribution in [1.29, 1.82) is 0 Å².